The first-order valence-electron chi connectivity index (χ1n) is 11.3. The van der Waals surface area contributed by atoms with Crippen LogP contribution >= 0.6 is 27.5 Å². The monoisotopic (exact) mass is 571 g/mol. The molecule has 0 fully saturated rings. The highest BCUT2D eigenvalue weighted by Gasteiger charge is 2.20. The van der Waals surface area contributed by atoms with Crippen molar-refractivity contribution in [2.45, 2.75) is 0 Å². The average Bonchev–Trinajstić information content (AvgIpc) is 3.30. The third-order valence-corrected chi connectivity index (χ3v) is 6.51. The van der Waals surface area contributed by atoms with Gasteiger partial charge in [0.25, 0.3) is 5.91 Å². The van der Waals surface area contributed by atoms with E-state index < -0.39 is 11.9 Å². The zero-order valence-corrected chi connectivity index (χ0v) is 21.6. The Kier molecular flexibility index (Phi) is 7.16. The molecule has 5 aromatic rings. The summed E-state index contributed by atoms with van der Waals surface area (Å²) in [4.78, 5) is 28.9. The molecule has 37 heavy (non-hydrogen) atoms. The zero-order chi connectivity index (χ0) is 25.8. The number of hydrogen-bond donors (Lipinski definition) is 2. The SMILES string of the molecule is O=C(Oc1ccccc1C=NNC(=O)c1[nH]c2ccccc2c1-c1ccccc1Cl)c1ccc(Br)cc1. The van der Waals surface area contributed by atoms with Crippen molar-refractivity contribution in [3.8, 4) is 16.9 Å². The van der Waals surface area contributed by atoms with Gasteiger partial charge in [-0.25, -0.2) is 10.2 Å². The van der Waals surface area contributed by atoms with Crippen molar-refractivity contribution < 1.29 is 14.3 Å². The maximum atomic E-state index is 13.2. The minimum atomic E-state index is -0.500. The number of para-hydroxylation sites is 2. The molecular weight excluding hydrogens is 554 g/mol. The highest BCUT2D eigenvalue weighted by atomic mass is 79.9. The standard InChI is InChI=1S/C29H19BrClN3O3/c30-20-15-13-18(14-16-20)29(36)37-25-12-6-1-7-19(25)17-32-34-28(35)27-26(21-8-2-4-10-23(21)31)22-9-3-5-11-24(22)33-27/h1-17,33H,(H,34,35). The van der Waals surface area contributed by atoms with E-state index in [9.17, 15) is 9.59 Å². The highest BCUT2D eigenvalue weighted by molar-refractivity contribution is 9.10. The van der Waals surface area contributed by atoms with Gasteiger partial charge in [0.15, 0.2) is 0 Å². The molecule has 0 saturated carbocycles. The Morgan fingerprint density at radius 3 is 2.41 bits per heavy atom. The van der Waals surface area contributed by atoms with Crippen molar-refractivity contribution in [2.24, 2.45) is 5.10 Å². The summed E-state index contributed by atoms with van der Waals surface area (Å²) in [5.74, 6) is -0.623. The maximum absolute atomic E-state index is 13.2. The van der Waals surface area contributed by atoms with Crippen LogP contribution in [0.2, 0.25) is 5.02 Å². The largest absolute Gasteiger partial charge is 0.422 e. The second kappa shape index (κ2) is 10.8. The second-order valence-corrected chi connectivity index (χ2v) is 9.36. The molecule has 0 aliphatic rings. The summed E-state index contributed by atoms with van der Waals surface area (Å²) in [5.41, 5.74) is 6.07. The molecule has 0 saturated heterocycles. The van der Waals surface area contributed by atoms with Crippen LogP contribution in [0.5, 0.6) is 5.75 Å². The lowest BCUT2D eigenvalue weighted by Crippen LogP contribution is -2.19. The van der Waals surface area contributed by atoms with Crippen LogP contribution in [-0.2, 0) is 0 Å². The lowest BCUT2D eigenvalue weighted by molar-refractivity contribution is 0.0734. The van der Waals surface area contributed by atoms with Gasteiger partial charge in [0.05, 0.1) is 11.8 Å². The van der Waals surface area contributed by atoms with Crippen molar-refractivity contribution in [3.63, 3.8) is 0 Å². The van der Waals surface area contributed by atoms with Gasteiger partial charge in [-0.2, -0.15) is 5.10 Å². The number of carbonyl (C=O) groups excluding carboxylic acids is 2. The van der Waals surface area contributed by atoms with Crippen LogP contribution in [0.1, 0.15) is 26.4 Å². The van der Waals surface area contributed by atoms with E-state index in [2.05, 4.69) is 31.4 Å². The number of amides is 1. The molecule has 2 N–H and O–H groups in total. The van der Waals surface area contributed by atoms with Gasteiger partial charge in [-0.3, -0.25) is 4.79 Å². The number of hydrogen-bond acceptors (Lipinski definition) is 4. The van der Waals surface area contributed by atoms with Crippen LogP contribution in [0.4, 0.5) is 0 Å². The van der Waals surface area contributed by atoms with Gasteiger partial charge in [-0.1, -0.05) is 76.1 Å². The molecule has 6 nitrogen and oxygen atoms in total. The normalized spacial score (nSPS) is 11.1. The quantitative estimate of drug-likeness (QED) is 0.0974. The molecule has 1 aromatic heterocycles. The Balaban J connectivity index is 1.39. The van der Waals surface area contributed by atoms with Gasteiger partial charge in [0.2, 0.25) is 0 Å². The van der Waals surface area contributed by atoms with Gasteiger partial charge >= 0.3 is 5.97 Å². The smallest absolute Gasteiger partial charge is 0.343 e. The Morgan fingerprint density at radius 2 is 1.59 bits per heavy atom. The number of hydrazone groups is 1. The Morgan fingerprint density at radius 1 is 0.892 bits per heavy atom. The Hall–Kier alpha value is -4.20. The fourth-order valence-corrected chi connectivity index (χ4v) is 4.39. The summed E-state index contributed by atoms with van der Waals surface area (Å²) >= 11 is 9.82. The van der Waals surface area contributed by atoms with Crippen LogP contribution in [0.15, 0.2) is 107 Å². The molecule has 0 spiro atoms. The van der Waals surface area contributed by atoms with Crippen LogP contribution < -0.4 is 10.2 Å². The lowest BCUT2D eigenvalue weighted by Gasteiger charge is -2.08. The van der Waals surface area contributed by atoms with Crippen molar-refractivity contribution >= 4 is 56.5 Å². The zero-order valence-electron chi connectivity index (χ0n) is 19.2. The number of esters is 1. The van der Waals surface area contributed by atoms with E-state index >= 15 is 0 Å². The summed E-state index contributed by atoms with van der Waals surface area (Å²) in [5, 5.41) is 5.53. The summed E-state index contributed by atoms with van der Waals surface area (Å²) in [6.45, 7) is 0. The van der Waals surface area contributed by atoms with E-state index in [4.69, 9.17) is 16.3 Å². The number of aromatic nitrogens is 1. The summed E-state index contributed by atoms with van der Waals surface area (Å²) in [7, 11) is 0. The molecule has 8 heteroatoms. The van der Waals surface area contributed by atoms with Crippen LogP contribution in [0, 0.1) is 0 Å². The van der Waals surface area contributed by atoms with Gasteiger partial charge in [0.1, 0.15) is 11.4 Å². The number of benzene rings is 4. The average molecular weight is 573 g/mol. The van der Waals surface area contributed by atoms with E-state index in [1.807, 2.05) is 42.5 Å². The molecule has 182 valence electrons. The first kappa shape index (κ1) is 24.5. The first-order chi connectivity index (χ1) is 18.0. The number of nitrogens with zero attached hydrogens (tertiary/aromatic N) is 1. The van der Waals surface area contributed by atoms with E-state index in [-0.39, 0.29) is 0 Å². The number of ether oxygens (including phenoxy) is 1. The lowest BCUT2D eigenvalue weighted by atomic mass is 10.0. The predicted molar refractivity (Wildman–Crippen MR) is 149 cm³/mol. The van der Waals surface area contributed by atoms with E-state index in [0.717, 1.165) is 20.9 Å². The van der Waals surface area contributed by atoms with Gasteiger partial charge in [-0.05, 0) is 48.5 Å². The molecule has 0 unspecified atom stereocenters. The molecule has 0 atom stereocenters. The molecule has 4 aromatic carbocycles. The molecular formula is C29H19BrClN3O3. The molecule has 0 radical (unpaired) electrons. The number of carbonyl (C=O) groups is 2. The third kappa shape index (κ3) is 5.33. The summed E-state index contributed by atoms with van der Waals surface area (Å²) in [6, 6.07) is 28.8. The van der Waals surface area contributed by atoms with Crippen LogP contribution in [0.25, 0.3) is 22.0 Å². The molecule has 0 bridgehead atoms. The number of fused-ring (bicyclic) bond motifs is 1. The van der Waals surface area contributed by atoms with E-state index in [1.54, 1.807) is 54.6 Å². The molecule has 0 aliphatic heterocycles. The fraction of sp³-hybridized carbons (Fsp3) is 0. The number of halogens is 2. The Labute approximate surface area is 226 Å². The number of rotatable bonds is 6. The van der Waals surface area contributed by atoms with Gasteiger partial charge < -0.3 is 9.72 Å². The first-order valence-corrected chi connectivity index (χ1v) is 12.4. The second-order valence-electron chi connectivity index (χ2n) is 8.03. The summed E-state index contributed by atoms with van der Waals surface area (Å²) < 4.78 is 6.43. The number of nitrogens with one attached hydrogen (secondary N) is 2. The predicted octanol–water partition coefficient (Wildman–Crippen LogP) is 7.23. The maximum Gasteiger partial charge on any atom is 0.343 e. The fourth-order valence-electron chi connectivity index (χ4n) is 3.90. The van der Waals surface area contributed by atoms with Crippen LogP contribution in [-0.4, -0.2) is 23.1 Å². The number of H-pyrrole nitrogens is 1. The van der Waals surface area contributed by atoms with Crippen molar-refractivity contribution in [1.82, 2.24) is 10.4 Å². The molecule has 1 heterocycles. The minimum absolute atomic E-state index is 0.316. The molecule has 5 rings (SSSR count). The van der Waals surface area contributed by atoms with Crippen molar-refractivity contribution in [2.75, 3.05) is 0 Å². The highest BCUT2D eigenvalue weighted by Crippen LogP contribution is 2.36. The topological polar surface area (TPSA) is 83.5 Å². The van der Waals surface area contributed by atoms with Crippen molar-refractivity contribution in [1.29, 1.82) is 0 Å². The molecule has 1 amide bonds. The number of aromatic amines is 1. The molecule has 0 aliphatic carbocycles. The van der Waals surface area contributed by atoms with Gasteiger partial charge in [-0.15, -0.1) is 0 Å². The van der Waals surface area contributed by atoms with Crippen molar-refractivity contribution in [3.05, 3.63) is 123 Å². The van der Waals surface area contributed by atoms with E-state index in [1.165, 1.54) is 6.21 Å². The minimum Gasteiger partial charge on any atom is -0.422 e. The van der Waals surface area contributed by atoms with Gasteiger partial charge in [0, 0.05) is 37.1 Å². The third-order valence-electron chi connectivity index (χ3n) is 5.65. The Bertz CT molecular complexity index is 1640. The van der Waals surface area contributed by atoms with Crippen LogP contribution in [0.3, 0.4) is 0 Å². The summed E-state index contributed by atoms with van der Waals surface area (Å²) in [6.07, 6.45) is 1.43. The van der Waals surface area contributed by atoms with E-state index in [0.29, 0.717) is 33.2 Å².